The molecule has 0 bridgehead atoms. The summed E-state index contributed by atoms with van der Waals surface area (Å²) in [5.74, 6) is 0.0135. The van der Waals surface area contributed by atoms with Gasteiger partial charge in [0.05, 0.1) is 5.02 Å². The van der Waals surface area contributed by atoms with Crippen LogP contribution in [0.3, 0.4) is 0 Å². The molecule has 0 radical (unpaired) electrons. The average Bonchev–Trinajstić information content (AvgIpc) is 2.67. The largest absolute Gasteiger partial charge is 0.502 e. The van der Waals surface area contributed by atoms with E-state index in [2.05, 4.69) is 5.32 Å². The highest BCUT2D eigenvalue weighted by molar-refractivity contribution is 7.81. The number of halogens is 1. The van der Waals surface area contributed by atoms with Crippen molar-refractivity contribution < 1.29 is 9.67 Å². The topological polar surface area (TPSA) is 36.1 Å². The molecule has 0 atom stereocenters. The predicted molar refractivity (Wildman–Crippen MR) is 116 cm³/mol. The van der Waals surface area contributed by atoms with Gasteiger partial charge in [-0.1, -0.05) is 54.2 Å². The summed E-state index contributed by atoms with van der Waals surface area (Å²) in [4.78, 5) is 0.400. The zero-order valence-corrected chi connectivity index (χ0v) is 16.7. The second kappa shape index (κ2) is 8.33. The van der Waals surface area contributed by atoms with Crippen molar-refractivity contribution in [3.8, 4) is 0 Å². The number of thiocarbonyl (C=S) groups is 1. The Bertz CT molecular complexity index is 1020. The van der Waals surface area contributed by atoms with Crippen LogP contribution in [0.5, 0.6) is 0 Å². The second-order valence-electron chi connectivity index (χ2n) is 6.16. The van der Waals surface area contributed by atoms with Gasteiger partial charge in [-0.25, -0.2) is 0 Å². The maximum atomic E-state index is 11.0. The molecule has 0 aliphatic heterocycles. The lowest BCUT2D eigenvalue weighted by molar-refractivity contribution is -0.575. The lowest BCUT2D eigenvalue weighted by Gasteiger charge is -2.13. The van der Waals surface area contributed by atoms with Crippen molar-refractivity contribution in [2.45, 2.75) is 13.8 Å². The van der Waals surface area contributed by atoms with Crippen molar-refractivity contribution in [3.63, 3.8) is 0 Å². The Morgan fingerprint density at radius 2 is 1.67 bits per heavy atom. The number of nitrogens with one attached hydrogen (secondary N) is 1. The Kier molecular flexibility index (Phi) is 5.89. The van der Waals surface area contributed by atoms with Crippen LogP contribution in [0, 0.1) is 13.8 Å². The molecule has 0 aliphatic carbocycles. The SMILES string of the molecule is Cc1cccc(NC(=S)C(=C(O)c2ccccc2Cl)[n+]2ccccc2)c1C. The normalized spacial score (nSPS) is 11.7. The molecular formula is C22H20ClN2OS+. The van der Waals surface area contributed by atoms with Crippen LogP contribution in [0.15, 0.2) is 73.1 Å². The fourth-order valence-electron chi connectivity index (χ4n) is 2.74. The van der Waals surface area contributed by atoms with Crippen molar-refractivity contribution in [2.24, 2.45) is 0 Å². The Morgan fingerprint density at radius 1 is 0.963 bits per heavy atom. The van der Waals surface area contributed by atoms with Crippen LogP contribution in [0.2, 0.25) is 5.02 Å². The van der Waals surface area contributed by atoms with Gasteiger partial charge < -0.3 is 10.4 Å². The first-order valence-corrected chi connectivity index (χ1v) is 9.30. The zero-order valence-electron chi connectivity index (χ0n) is 15.1. The van der Waals surface area contributed by atoms with E-state index in [1.54, 1.807) is 16.7 Å². The Labute approximate surface area is 169 Å². The Balaban J connectivity index is 2.11. The molecule has 0 unspecified atom stereocenters. The first-order valence-electron chi connectivity index (χ1n) is 8.51. The van der Waals surface area contributed by atoms with Crippen molar-refractivity contribution in [1.29, 1.82) is 0 Å². The second-order valence-corrected chi connectivity index (χ2v) is 6.98. The van der Waals surface area contributed by atoms with E-state index in [1.807, 2.05) is 74.8 Å². The zero-order chi connectivity index (χ0) is 19.4. The molecule has 3 rings (SSSR count). The number of aryl methyl sites for hydroxylation is 1. The lowest BCUT2D eigenvalue weighted by atomic mass is 10.1. The van der Waals surface area contributed by atoms with Gasteiger partial charge in [0.2, 0.25) is 5.76 Å². The molecule has 27 heavy (non-hydrogen) atoms. The third-order valence-electron chi connectivity index (χ3n) is 4.39. The van der Waals surface area contributed by atoms with E-state index in [0.29, 0.717) is 21.3 Å². The van der Waals surface area contributed by atoms with Crippen LogP contribution in [0.25, 0.3) is 11.5 Å². The predicted octanol–water partition coefficient (Wildman–Crippen LogP) is 5.57. The molecule has 0 spiro atoms. The number of anilines is 1. The van der Waals surface area contributed by atoms with E-state index in [-0.39, 0.29) is 5.76 Å². The number of hydrogen-bond acceptors (Lipinski definition) is 2. The molecule has 0 saturated heterocycles. The number of nitrogens with zero attached hydrogens (tertiary/aromatic N) is 1. The third kappa shape index (κ3) is 4.18. The molecule has 0 saturated carbocycles. The molecule has 2 aromatic carbocycles. The highest BCUT2D eigenvalue weighted by Crippen LogP contribution is 2.26. The van der Waals surface area contributed by atoms with Crippen LogP contribution in [-0.2, 0) is 0 Å². The smallest absolute Gasteiger partial charge is 0.288 e. The molecule has 1 heterocycles. The summed E-state index contributed by atoms with van der Waals surface area (Å²) in [7, 11) is 0. The van der Waals surface area contributed by atoms with Crippen molar-refractivity contribution in [2.75, 3.05) is 5.32 Å². The van der Waals surface area contributed by atoms with E-state index in [9.17, 15) is 5.11 Å². The van der Waals surface area contributed by atoms with Crippen molar-refractivity contribution in [3.05, 3.63) is 94.8 Å². The van der Waals surface area contributed by atoms with Gasteiger partial charge in [0.15, 0.2) is 17.4 Å². The molecule has 136 valence electrons. The van der Waals surface area contributed by atoms with Gasteiger partial charge in [-0.15, -0.1) is 0 Å². The fraction of sp³-hybridized carbons (Fsp3) is 0.0909. The number of benzene rings is 2. The van der Waals surface area contributed by atoms with E-state index in [1.165, 1.54) is 0 Å². The Hall–Kier alpha value is -2.69. The lowest BCUT2D eigenvalue weighted by Crippen LogP contribution is -2.38. The summed E-state index contributed by atoms with van der Waals surface area (Å²) < 4.78 is 1.78. The van der Waals surface area contributed by atoms with E-state index < -0.39 is 0 Å². The summed E-state index contributed by atoms with van der Waals surface area (Å²) in [6.07, 6.45) is 3.67. The summed E-state index contributed by atoms with van der Waals surface area (Å²) in [5, 5.41) is 14.8. The molecule has 0 amide bonds. The van der Waals surface area contributed by atoms with Crippen LogP contribution >= 0.6 is 23.8 Å². The van der Waals surface area contributed by atoms with Crippen molar-refractivity contribution in [1.82, 2.24) is 0 Å². The Morgan fingerprint density at radius 3 is 2.37 bits per heavy atom. The minimum Gasteiger partial charge on any atom is -0.502 e. The van der Waals surface area contributed by atoms with Crippen LogP contribution in [-0.4, -0.2) is 10.1 Å². The average molecular weight is 396 g/mol. The molecular weight excluding hydrogens is 376 g/mol. The molecule has 1 aromatic heterocycles. The number of aromatic nitrogens is 1. The van der Waals surface area contributed by atoms with Gasteiger partial charge in [-0.05, 0) is 43.2 Å². The van der Waals surface area contributed by atoms with Gasteiger partial charge in [-0.2, -0.15) is 4.57 Å². The number of aliphatic hydroxyl groups excluding tert-OH is 1. The van der Waals surface area contributed by atoms with Gasteiger partial charge in [0.1, 0.15) is 0 Å². The van der Waals surface area contributed by atoms with Gasteiger partial charge in [0.25, 0.3) is 5.70 Å². The molecule has 0 aliphatic rings. The number of rotatable bonds is 4. The maximum Gasteiger partial charge on any atom is 0.288 e. The highest BCUT2D eigenvalue weighted by atomic mass is 35.5. The standard InChI is InChI=1S/C22H19ClN2OS/c1-15-9-8-12-19(16(15)2)24-22(27)20(25-13-6-3-7-14-25)21(26)17-10-4-5-11-18(17)23/h3-14H,1-2H3,(H-,24,26,27)/p+1. The minimum atomic E-state index is 0.0135. The van der Waals surface area contributed by atoms with E-state index in [0.717, 1.165) is 16.8 Å². The quantitative estimate of drug-likeness (QED) is 0.262. The molecule has 2 N–H and O–H groups in total. The summed E-state index contributed by atoms with van der Waals surface area (Å²) in [6, 6.07) is 18.8. The maximum absolute atomic E-state index is 11.0. The number of pyridine rings is 1. The number of hydrogen-bond donors (Lipinski definition) is 2. The first kappa shape index (κ1) is 19.1. The van der Waals surface area contributed by atoms with Gasteiger partial charge in [-0.3, -0.25) is 0 Å². The van der Waals surface area contributed by atoms with E-state index >= 15 is 0 Å². The van der Waals surface area contributed by atoms with Crippen LogP contribution in [0.4, 0.5) is 5.69 Å². The number of aliphatic hydroxyl groups is 1. The minimum absolute atomic E-state index is 0.0135. The first-order chi connectivity index (χ1) is 13.0. The molecule has 3 nitrogen and oxygen atoms in total. The molecule has 3 aromatic rings. The molecule has 5 heteroatoms. The van der Waals surface area contributed by atoms with Crippen LogP contribution < -0.4 is 9.88 Å². The summed E-state index contributed by atoms with van der Waals surface area (Å²) >= 11 is 12.0. The monoisotopic (exact) mass is 395 g/mol. The van der Waals surface area contributed by atoms with Crippen LogP contribution in [0.1, 0.15) is 16.7 Å². The summed E-state index contributed by atoms with van der Waals surface area (Å²) in [5.41, 5.74) is 4.15. The van der Waals surface area contributed by atoms with Crippen molar-refractivity contribution >= 4 is 46.0 Å². The van der Waals surface area contributed by atoms with E-state index in [4.69, 9.17) is 23.8 Å². The van der Waals surface area contributed by atoms with Gasteiger partial charge in [0, 0.05) is 23.4 Å². The molecule has 0 fully saturated rings. The summed E-state index contributed by atoms with van der Waals surface area (Å²) in [6.45, 7) is 4.08. The fourth-order valence-corrected chi connectivity index (χ4v) is 3.28. The highest BCUT2D eigenvalue weighted by Gasteiger charge is 2.25. The third-order valence-corrected chi connectivity index (χ3v) is 5.02. The van der Waals surface area contributed by atoms with Gasteiger partial charge >= 0.3 is 0 Å².